The van der Waals surface area contributed by atoms with E-state index in [1.165, 1.54) is 0 Å². The van der Waals surface area contributed by atoms with Crippen molar-refractivity contribution in [2.75, 3.05) is 25.1 Å². The van der Waals surface area contributed by atoms with Gasteiger partial charge in [-0.2, -0.15) is 0 Å². The summed E-state index contributed by atoms with van der Waals surface area (Å²) in [6.07, 6.45) is 2.72. The van der Waals surface area contributed by atoms with Crippen LogP contribution in [0.25, 0.3) is 0 Å². The van der Waals surface area contributed by atoms with Crippen molar-refractivity contribution in [3.8, 4) is 5.75 Å². The molecule has 2 N–H and O–H groups in total. The highest BCUT2D eigenvalue weighted by molar-refractivity contribution is 14.0. The largest absolute Gasteiger partial charge is 0.494 e. The number of nitrogens with one attached hydrogen (secondary N) is 2. The predicted octanol–water partition coefficient (Wildman–Crippen LogP) is 4.09. The van der Waals surface area contributed by atoms with Gasteiger partial charge in [0.05, 0.1) is 6.61 Å². The lowest BCUT2D eigenvalue weighted by atomic mass is 10.1. The number of anilines is 1. The van der Waals surface area contributed by atoms with Crippen molar-refractivity contribution in [1.82, 2.24) is 10.6 Å². The van der Waals surface area contributed by atoms with Gasteiger partial charge in [0.15, 0.2) is 5.96 Å². The topological polar surface area (TPSA) is 66.0 Å². The SMILES string of the molecule is CCOc1ccccc1CNC(=NC)NCc1ccc(N2CCCCC2=O)cc1.I. The second-order valence-corrected chi connectivity index (χ2v) is 6.99. The van der Waals surface area contributed by atoms with Gasteiger partial charge in [-0.15, -0.1) is 24.0 Å². The van der Waals surface area contributed by atoms with Crippen molar-refractivity contribution in [2.45, 2.75) is 39.3 Å². The second kappa shape index (κ2) is 12.4. The molecule has 3 rings (SSSR count). The van der Waals surface area contributed by atoms with Crippen LogP contribution in [0.1, 0.15) is 37.3 Å². The summed E-state index contributed by atoms with van der Waals surface area (Å²) in [6.45, 7) is 4.73. The maximum atomic E-state index is 12.1. The van der Waals surface area contributed by atoms with E-state index in [2.05, 4.69) is 27.8 Å². The number of ether oxygens (including phenoxy) is 1. The lowest BCUT2D eigenvalue weighted by Crippen LogP contribution is -2.36. The van der Waals surface area contributed by atoms with Gasteiger partial charge in [0.2, 0.25) is 5.91 Å². The highest BCUT2D eigenvalue weighted by Crippen LogP contribution is 2.21. The zero-order chi connectivity index (χ0) is 20.5. The molecule has 7 heteroatoms. The standard InChI is InChI=1S/C23H30N4O2.HI/c1-3-29-21-9-5-4-8-19(21)17-26-23(24-2)25-16-18-11-13-20(14-12-18)27-15-7-6-10-22(27)28;/h4-5,8-9,11-14H,3,6-7,10,15-17H2,1-2H3,(H2,24,25,26);1H. The minimum absolute atomic E-state index is 0. The zero-order valence-electron chi connectivity index (χ0n) is 17.7. The summed E-state index contributed by atoms with van der Waals surface area (Å²) in [4.78, 5) is 18.2. The van der Waals surface area contributed by atoms with Crippen molar-refractivity contribution in [1.29, 1.82) is 0 Å². The Morgan fingerprint density at radius 1 is 1.07 bits per heavy atom. The molecule has 1 aliphatic heterocycles. The van der Waals surface area contributed by atoms with E-state index in [0.717, 1.165) is 47.9 Å². The number of hydrogen-bond acceptors (Lipinski definition) is 3. The van der Waals surface area contributed by atoms with E-state index >= 15 is 0 Å². The van der Waals surface area contributed by atoms with Gasteiger partial charge >= 0.3 is 0 Å². The summed E-state index contributed by atoms with van der Waals surface area (Å²) in [7, 11) is 1.76. The van der Waals surface area contributed by atoms with Gasteiger partial charge in [-0.3, -0.25) is 9.79 Å². The Bertz CT molecular complexity index is 839. The molecule has 0 bridgehead atoms. The Kier molecular flexibility index (Phi) is 9.93. The molecular formula is C23H31IN4O2. The third-order valence-electron chi connectivity index (χ3n) is 4.97. The summed E-state index contributed by atoms with van der Waals surface area (Å²) in [5, 5.41) is 6.66. The summed E-state index contributed by atoms with van der Waals surface area (Å²) >= 11 is 0. The van der Waals surface area contributed by atoms with Crippen molar-refractivity contribution < 1.29 is 9.53 Å². The van der Waals surface area contributed by atoms with E-state index < -0.39 is 0 Å². The van der Waals surface area contributed by atoms with Crippen LogP contribution in [0.2, 0.25) is 0 Å². The number of amides is 1. The minimum Gasteiger partial charge on any atom is -0.494 e. The van der Waals surface area contributed by atoms with Crippen LogP contribution in [0.3, 0.4) is 0 Å². The van der Waals surface area contributed by atoms with Crippen LogP contribution in [-0.4, -0.2) is 32.1 Å². The number of aliphatic imine (C=N–C) groups is 1. The number of carbonyl (C=O) groups excluding carboxylic acids is 1. The molecular weight excluding hydrogens is 491 g/mol. The van der Waals surface area contributed by atoms with Crippen molar-refractivity contribution in [3.05, 3.63) is 59.7 Å². The smallest absolute Gasteiger partial charge is 0.226 e. The molecule has 0 aromatic heterocycles. The number of rotatable bonds is 7. The molecule has 0 radical (unpaired) electrons. The van der Waals surface area contributed by atoms with Gasteiger partial charge in [-0.25, -0.2) is 0 Å². The van der Waals surface area contributed by atoms with Gasteiger partial charge in [-0.1, -0.05) is 30.3 Å². The van der Waals surface area contributed by atoms with Crippen LogP contribution in [0, 0.1) is 0 Å². The quantitative estimate of drug-likeness (QED) is 0.327. The van der Waals surface area contributed by atoms with Crippen molar-refractivity contribution in [2.24, 2.45) is 4.99 Å². The Morgan fingerprint density at radius 2 is 1.80 bits per heavy atom. The van der Waals surface area contributed by atoms with Crippen LogP contribution in [0.15, 0.2) is 53.5 Å². The number of para-hydroxylation sites is 1. The lowest BCUT2D eigenvalue weighted by Gasteiger charge is -2.26. The Balaban J connectivity index is 0.00000320. The Morgan fingerprint density at radius 3 is 2.50 bits per heavy atom. The third-order valence-corrected chi connectivity index (χ3v) is 4.97. The van der Waals surface area contributed by atoms with E-state index in [4.69, 9.17) is 4.74 Å². The van der Waals surface area contributed by atoms with E-state index in [0.29, 0.717) is 26.1 Å². The van der Waals surface area contributed by atoms with E-state index in [1.54, 1.807) is 7.05 Å². The average Bonchev–Trinajstić information content (AvgIpc) is 2.76. The number of nitrogens with zero attached hydrogens (tertiary/aromatic N) is 2. The van der Waals surface area contributed by atoms with Gasteiger partial charge in [0, 0.05) is 44.4 Å². The highest BCUT2D eigenvalue weighted by Gasteiger charge is 2.19. The van der Waals surface area contributed by atoms with Gasteiger partial charge in [0.25, 0.3) is 0 Å². The summed E-state index contributed by atoms with van der Waals surface area (Å²) < 4.78 is 5.67. The fourth-order valence-corrected chi connectivity index (χ4v) is 3.40. The maximum absolute atomic E-state index is 12.1. The lowest BCUT2D eigenvalue weighted by molar-refractivity contribution is -0.119. The number of benzene rings is 2. The first kappa shape index (κ1) is 24.0. The number of halogens is 1. The van der Waals surface area contributed by atoms with Crippen LogP contribution < -0.4 is 20.3 Å². The molecule has 2 aromatic carbocycles. The average molecular weight is 522 g/mol. The first-order valence-electron chi connectivity index (χ1n) is 10.3. The normalized spacial score (nSPS) is 14.1. The van der Waals surface area contributed by atoms with E-state index in [9.17, 15) is 4.79 Å². The van der Waals surface area contributed by atoms with Gasteiger partial charge in [0.1, 0.15) is 5.75 Å². The van der Waals surface area contributed by atoms with Crippen molar-refractivity contribution in [3.63, 3.8) is 0 Å². The summed E-state index contributed by atoms with van der Waals surface area (Å²) in [6, 6.07) is 16.2. The predicted molar refractivity (Wildman–Crippen MR) is 133 cm³/mol. The van der Waals surface area contributed by atoms with Crippen molar-refractivity contribution >= 4 is 41.5 Å². The molecule has 30 heavy (non-hydrogen) atoms. The number of hydrogen-bond donors (Lipinski definition) is 2. The van der Waals surface area contributed by atoms with Crippen LogP contribution >= 0.6 is 24.0 Å². The molecule has 1 fully saturated rings. The molecule has 6 nitrogen and oxygen atoms in total. The summed E-state index contributed by atoms with van der Waals surface area (Å²) in [5.74, 6) is 1.84. The van der Waals surface area contributed by atoms with Gasteiger partial charge < -0.3 is 20.3 Å². The molecule has 0 aliphatic carbocycles. The molecule has 1 aliphatic rings. The molecule has 0 atom stereocenters. The maximum Gasteiger partial charge on any atom is 0.226 e. The first-order chi connectivity index (χ1) is 14.2. The molecule has 0 unspecified atom stereocenters. The monoisotopic (exact) mass is 522 g/mol. The first-order valence-corrected chi connectivity index (χ1v) is 10.3. The fourth-order valence-electron chi connectivity index (χ4n) is 3.40. The molecule has 0 saturated carbocycles. The number of piperidine rings is 1. The molecule has 1 heterocycles. The Hall–Kier alpha value is -2.29. The third kappa shape index (κ3) is 6.62. The minimum atomic E-state index is 0. The number of carbonyl (C=O) groups is 1. The fraction of sp³-hybridized carbons (Fsp3) is 0.391. The summed E-state index contributed by atoms with van der Waals surface area (Å²) in [5.41, 5.74) is 3.21. The highest BCUT2D eigenvalue weighted by atomic mass is 127. The second-order valence-electron chi connectivity index (χ2n) is 6.99. The molecule has 1 saturated heterocycles. The van der Waals surface area contributed by atoms with Gasteiger partial charge in [-0.05, 0) is 43.5 Å². The van der Waals surface area contributed by atoms with Crippen LogP contribution in [0.5, 0.6) is 5.75 Å². The molecule has 0 spiro atoms. The van der Waals surface area contributed by atoms with E-state index in [-0.39, 0.29) is 29.9 Å². The molecule has 2 aromatic rings. The van der Waals surface area contributed by atoms with Crippen LogP contribution in [0.4, 0.5) is 5.69 Å². The zero-order valence-corrected chi connectivity index (χ0v) is 20.0. The molecule has 1 amide bonds. The van der Waals surface area contributed by atoms with Crippen LogP contribution in [-0.2, 0) is 17.9 Å². The Labute approximate surface area is 196 Å². The number of guanidine groups is 1. The molecule has 162 valence electrons. The van der Waals surface area contributed by atoms with E-state index in [1.807, 2.05) is 48.2 Å².